The fraction of sp³-hybridized carbons (Fsp3) is 0.375. The van der Waals surface area contributed by atoms with Crippen molar-refractivity contribution in [2.24, 2.45) is 0 Å². The Morgan fingerprint density at radius 1 is 0.889 bits per heavy atom. The van der Waals surface area contributed by atoms with E-state index in [1.807, 2.05) is 64.1 Å². The second-order valence-electron chi connectivity index (χ2n) is 3.59. The van der Waals surface area contributed by atoms with Gasteiger partial charge in [-0.2, -0.15) is 0 Å². The summed E-state index contributed by atoms with van der Waals surface area (Å²) in [5.41, 5.74) is 3.35. The third-order valence-corrected chi connectivity index (χ3v) is 2.12. The maximum atomic E-state index is 4.29. The number of aromatic nitrogens is 2. The molecule has 0 N–H and O–H groups in total. The fourth-order valence-electron chi connectivity index (χ4n) is 1.24. The van der Waals surface area contributed by atoms with Crippen molar-refractivity contribution < 1.29 is 0 Å². The maximum Gasteiger partial charge on any atom is 0.0404 e. The van der Waals surface area contributed by atoms with Gasteiger partial charge in [0.2, 0.25) is 0 Å². The highest BCUT2D eigenvalue weighted by atomic mass is 14.7. The Hall–Kier alpha value is -1.70. The molecule has 2 heterocycles. The monoisotopic (exact) mass is 244 g/mol. The third kappa shape index (κ3) is 7.55. The van der Waals surface area contributed by atoms with Crippen molar-refractivity contribution in [2.75, 3.05) is 0 Å². The second kappa shape index (κ2) is 10.5. The van der Waals surface area contributed by atoms with Crippen molar-refractivity contribution in [3.63, 3.8) is 0 Å². The van der Waals surface area contributed by atoms with Crippen LogP contribution < -0.4 is 0 Å². The summed E-state index contributed by atoms with van der Waals surface area (Å²) in [7, 11) is 0. The minimum atomic E-state index is 1.03. The first-order valence-electron chi connectivity index (χ1n) is 6.52. The molecule has 0 saturated heterocycles. The Labute approximate surface area is 111 Å². The van der Waals surface area contributed by atoms with Gasteiger partial charge in [-0.25, -0.2) is 0 Å². The maximum absolute atomic E-state index is 4.29. The van der Waals surface area contributed by atoms with Crippen LogP contribution in [0.3, 0.4) is 0 Å². The minimum absolute atomic E-state index is 1.03. The molecule has 18 heavy (non-hydrogen) atoms. The molecule has 0 aliphatic heterocycles. The van der Waals surface area contributed by atoms with Gasteiger partial charge >= 0.3 is 0 Å². The van der Waals surface area contributed by atoms with Crippen LogP contribution in [0.2, 0.25) is 0 Å². The van der Waals surface area contributed by atoms with Crippen molar-refractivity contribution in [1.29, 1.82) is 0 Å². The quantitative estimate of drug-likeness (QED) is 0.744. The van der Waals surface area contributed by atoms with Crippen LogP contribution in [-0.4, -0.2) is 9.97 Å². The molecule has 98 valence electrons. The average Bonchev–Trinajstić information content (AvgIpc) is 2.42. The van der Waals surface area contributed by atoms with Gasteiger partial charge in [-0.05, 0) is 44.5 Å². The molecular weight excluding hydrogens is 220 g/mol. The van der Waals surface area contributed by atoms with Gasteiger partial charge in [0.05, 0.1) is 0 Å². The molecule has 0 aliphatic carbocycles. The van der Waals surface area contributed by atoms with Gasteiger partial charge < -0.3 is 0 Å². The van der Waals surface area contributed by atoms with Crippen LogP contribution in [0.5, 0.6) is 0 Å². The number of hydrogen-bond acceptors (Lipinski definition) is 2. The van der Waals surface area contributed by atoms with Gasteiger partial charge in [-0.15, -0.1) is 0 Å². The molecule has 0 atom stereocenters. The highest BCUT2D eigenvalue weighted by Crippen LogP contribution is 1.97. The molecule has 2 aromatic heterocycles. The summed E-state index contributed by atoms with van der Waals surface area (Å²) in [6.07, 6.45) is 2.82. The summed E-state index contributed by atoms with van der Waals surface area (Å²) < 4.78 is 0. The molecule has 0 fully saturated rings. The Kier molecular flexibility index (Phi) is 9.47. The number of pyridine rings is 2. The molecule has 2 nitrogen and oxygen atoms in total. The lowest BCUT2D eigenvalue weighted by Crippen LogP contribution is -1.87. The van der Waals surface area contributed by atoms with E-state index in [9.17, 15) is 0 Å². The predicted octanol–water partition coefficient (Wildman–Crippen LogP) is 4.37. The highest BCUT2D eigenvalue weighted by molar-refractivity contribution is 5.09. The molecule has 0 aromatic carbocycles. The van der Waals surface area contributed by atoms with Gasteiger partial charge in [-0.3, -0.25) is 9.97 Å². The summed E-state index contributed by atoms with van der Waals surface area (Å²) in [4.78, 5) is 8.27. The summed E-state index contributed by atoms with van der Waals surface area (Å²) in [6.45, 7) is 10.1. The Bertz CT molecular complexity index is 410. The van der Waals surface area contributed by atoms with Crippen molar-refractivity contribution in [1.82, 2.24) is 9.97 Å². The minimum Gasteiger partial charge on any atom is -0.262 e. The lowest BCUT2D eigenvalue weighted by molar-refractivity contribution is 1.01. The molecule has 0 radical (unpaired) electrons. The third-order valence-electron chi connectivity index (χ3n) is 2.12. The molecule has 0 spiro atoms. The average molecular weight is 244 g/mol. The van der Waals surface area contributed by atoms with Gasteiger partial charge in [0.25, 0.3) is 0 Å². The zero-order valence-corrected chi connectivity index (χ0v) is 12.1. The van der Waals surface area contributed by atoms with Crippen LogP contribution in [0.1, 0.15) is 37.9 Å². The first kappa shape index (κ1) is 16.3. The summed E-state index contributed by atoms with van der Waals surface area (Å²) in [6, 6.07) is 12.0. The van der Waals surface area contributed by atoms with Gasteiger partial charge in [-0.1, -0.05) is 32.9 Å². The van der Waals surface area contributed by atoms with Crippen molar-refractivity contribution >= 4 is 0 Å². The molecule has 0 amide bonds. The van der Waals surface area contributed by atoms with E-state index in [1.54, 1.807) is 6.20 Å². The van der Waals surface area contributed by atoms with Crippen LogP contribution in [-0.2, 0) is 6.42 Å². The Balaban J connectivity index is 0.000000289. The zero-order valence-electron chi connectivity index (χ0n) is 12.1. The van der Waals surface area contributed by atoms with Gasteiger partial charge in [0, 0.05) is 23.3 Å². The van der Waals surface area contributed by atoms with Gasteiger partial charge in [0.1, 0.15) is 0 Å². The van der Waals surface area contributed by atoms with E-state index in [1.165, 1.54) is 5.69 Å². The summed E-state index contributed by atoms with van der Waals surface area (Å²) >= 11 is 0. The molecule has 2 heteroatoms. The first-order valence-corrected chi connectivity index (χ1v) is 6.52. The SMILES string of the molecule is CC.CCc1cccc(C)n1.Cc1ccccn1. The van der Waals surface area contributed by atoms with Crippen molar-refractivity contribution in [3.8, 4) is 0 Å². The van der Waals surface area contributed by atoms with Crippen LogP contribution >= 0.6 is 0 Å². The molecule has 2 aromatic rings. The van der Waals surface area contributed by atoms with E-state index in [0.717, 1.165) is 17.8 Å². The standard InChI is InChI=1S/C8H11N.C6H7N.C2H6/c1-3-8-6-4-5-7(2)9-8;1-6-4-2-3-5-7-6;1-2/h4-6H,3H2,1-2H3;2-5H,1H3;1-2H3. The fourth-order valence-corrected chi connectivity index (χ4v) is 1.24. The number of aryl methyl sites for hydroxylation is 3. The largest absolute Gasteiger partial charge is 0.262 e. The topological polar surface area (TPSA) is 25.8 Å². The molecule has 2 rings (SSSR count). The molecular formula is C16H24N2. The first-order chi connectivity index (χ1) is 8.72. The van der Waals surface area contributed by atoms with Crippen LogP contribution in [0.15, 0.2) is 42.6 Å². The highest BCUT2D eigenvalue weighted by Gasteiger charge is 1.87. The van der Waals surface area contributed by atoms with Crippen LogP contribution in [0.25, 0.3) is 0 Å². The van der Waals surface area contributed by atoms with E-state index >= 15 is 0 Å². The number of hydrogen-bond donors (Lipinski definition) is 0. The van der Waals surface area contributed by atoms with E-state index < -0.39 is 0 Å². The second-order valence-corrected chi connectivity index (χ2v) is 3.59. The van der Waals surface area contributed by atoms with Crippen LogP contribution in [0, 0.1) is 13.8 Å². The van der Waals surface area contributed by atoms with Crippen LogP contribution in [0.4, 0.5) is 0 Å². The predicted molar refractivity (Wildman–Crippen MR) is 78.7 cm³/mol. The van der Waals surface area contributed by atoms with E-state index in [0.29, 0.717) is 0 Å². The normalized spacial score (nSPS) is 8.50. The van der Waals surface area contributed by atoms with E-state index in [-0.39, 0.29) is 0 Å². The molecule has 0 unspecified atom stereocenters. The van der Waals surface area contributed by atoms with Gasteiger partial charge in [0.15, 0.2) is 0 Å². The zero-order chi connectivity index (χ0) is 13.8. The number of rotatable bonds is 1. The van der Waals surface area contributed by atoms with E-state index in [2.05, 4.69) is 16.9 Å². The lowest BCUT2D eigenvalue weighted by Gasteiger charge is -1.94. The molecule has 0 bridgehead atoms. The lowest BCUT2D eigenvalue weighted by atomic mass is 10.3. The molecule has 0 saturated carbocycles. The Morgan fingerprint density at radius 2 is 1.56 bits per heavy atom. The van der Waals surface area contributed by atoms with E-state index in [4.69, 9.17) is 0 Å². The summed E-state index contributed by atoms with van der Waals surface area (Å²) in [5.74, 6) is 0. The van der Waals surface area contributed by atoms with Crippen molar-refractivity contribution in [3.05, 3.63) is 59.7 Å². The Morgan fingerprint density at radius 3 is 1.89 bits per heavy atom. The smallest absolute Gasteiger partial charge is 0.0404 e. The molecule has 0 aliphatic rings. The number of nitrogens with zero attached hydrogens (tertiary/aromatic N) is 2. The summed E-state index contributed by atoms with van der Waals surface area (Å²) in [5, 5.41) is 0. The van der Waals surface area contributed by atoms with Crippen molar-refractivity contribution in [2.45, 2.75) is 41.0 Å².